The third-order valence-corrected chi connectivity index (χ3v) is 5.51. The van der Waals surface area contributed by atoms with Gasteiger partial charge in [0.2, 0.25) is 0 Å². The predicted octanol–water partition coefficient (Wildman–Crippen LogP) is 3.14. The standard InChI is InChI=1S/C24H19F4N3O3/c1-31-21-10-13(22(33)29-8-9-32)2-7-20(21)30-23(31)24(34,16-5-3-14(25)11-18(16)27)17-6-4-15(26)12-19(17)28/h2-7,10-12,32,34H,8-9H2,1H3,(H,29,33). The summed E-state index contributed by atoms with van der Waals surface area (Å²) in [5, 5.41) is 23.2. The summed E-state index contributed by atoms with van der Waals surface area (Å²) >= 11 is 0. The zero-order chi connectivity index (χ0) is 24.6. The first kappa shape index (κ1) is 23.4. The van der Waals surface area contributed by atoms with Crippen LogP contribution in [-0.2, 0) is 12.6 Å². The van der Waals surface area contributed by atoms with Crippen molar-refractivity contribution < 1.29 is 32.6 Å². The van der Waals surface area contributed by atoms with Crippen LogP contribution in [0, 0.1) is 23.3 Å². The molecular formula is C24H19F4N3O3. The highest BCUT2D eigenvalue weighted by molar-refractivity contribution is 5.97. The van der Waals surface area contributed by atoms with Gasteiger partial charge >= 0.3 is 0 Å². The van der Waals surface area contributed by atoms with Gasteiger partial charge in [0.1, 0.15) is 23.3 Å². The molecule has 34 heavy (non-hydrogen) atoms. The summed E-state index contributed by atoms with van der Waals surface area (Å²) in [4.78, 5) is 16.6. The number of amides is 1. The number of aliphatic hydroxyl groups excluding tert-OH is 1. The van der Waals surface area contributed by atoms with E-state index < -0.39 is 45.9 Å². The van der Waals surface area contributed by atoms with E-state index in [-0.39, 0.29) is 24.5 Å². The highest BCUT2D eigenvalue weighted by Gasteiger charge is 2.43. The molecule has 0 saturated carbocycles. The van der Waals surface area contributed by atoms with E-state index in [0.29, 0.717) is 23.2 Å². The maximum absolute atomic E-state index is 14.9. The maximum Gasteiger partial charge on any atom is 0.251 e. The van der Waals surface area contributed by atoms with Crippen molar-refractivity contribution in [2.45, 2.75) is 5.60 Å². The highest BCUT2D eigenvalue weighted by Crippen LogP contribution is 2.40. The zero-order valence-corrected chi connectivity index (χ0v) is 17.8. The third kappa shape index (κ3) is 3.91. The molecule has 4 aromatic rings. The Morgan fingerprint density at radius 3 is 2.09 bits per heavy atom. The molecule has 0 bridgehead atoms. The number of fused-ring (bicyclic) bond motifs is 1. The monoisotopic (exact) mass is 473 g/mol. The molecule has 0 spiro atoms. The number of aliphatic hydroxyl groups is 2. The number of carbonyl (C=O) groups excluding carboxylic acids is 1. The van der Waals surface area contributed by atoms with E-state index in [9.17, 15) is 27.5 Å². The van der Waals surface area contributed by atoms with Crippen molar-refractivity contribution in [2.24, 2.45) is 7.05 Å². The van der Waals surface area contributed by atoms with Crippen molar-refractivity contribution in [2.75, 3.05) is 13.2 Å². The molecular weight excluding hydrogens is 454 g/mol. The van der Waals surface area contributed by atoms with Crippen molar-refractivity contribution in [3.63, 3.8) is 0 Å². The Hall–Kier alpha value is -3.76. The van der Waals surface area contributed by atoms with Crippen LogP contribution in [0.4, 0.5) is 17.6 Å². The van der Waals surface area contributed by atoms with Gasteiger partial charge in [-0.25, -0.2) is 22.5 Å². The molecule has 10 heteroatoms. The van der Waals surface area contributed by atoms with Crippen molar-refractivity contribution in [3.8, 4) is 0 Å². The first-order chi connectivity index (χ1) is 16.2. The summed E-state index contributed by atoms with van der Waals surface area (Å²) in [6.45, 7) is -0.204. The fourth-order valence-corrected chi connectivity index (χ4v) is 3.88. The highest BCUT2D eigenvalue weighted by atomic mass is 19.1. The van der Waals surface area contributed by atoms with Crippen LogP contribution in [-0.4, -0.2) is 38.8 Å². The Bertz CT molecular complexity index is 1350. The van der Waals surface area contributed by atoms with E-state index in [2.05, 4.69) is 10.3 Å². The fourth-order valence-electron chi connectivity index (χ4n) is 3.88. The number of hydrogen-bond acceptors (Lipinski definition) is 4. The van der Waals surface area contributed by atoms with Crippen LogP contribution >= 0.6 is 0 Å². The molecule has 1 heterocycles. The quantitative estimate of drug-likeness (QED) is 0.376. The molecule has 0 atom stereocenters. The number of aryl methyl sites for hydroxylation is 1. The Morgan fingerprint density at radius 2 is 1.56 bits per heavy atom. The predicted molar refractivity (Wildman–Crippen MR) is 115 cm³/mol. The number of halogens is 4. The lowest BCUT2D eigenvalue weighted by molar-refractivity contribution is 0.0944. The van der Waals surface area contributed by atoms with Crippen molar-refractivity contribution in [3.05, 3.63) is 100 Å². The van der Waals surface area contributed by atoms with Crippen molar-refractivity contribution in [1.82, 2.24) is 14.9 Å². The third-order valence-electron chi connectivity index (χ3n) is 5.51. The van der Waals surface area contributed by atoms with Crippen LogP contribution < -0.4 is 5.32 Å². The van der Waals surface area contributed by atoms with E-state index in [0.717, 1.165) is 24.3 Å². The number of hydrogen-bond donors (Lipinski definition) is 3. The number of aromatic nitrogens is 2. The van der Waals surface area contributed by atoms with Gasteiger partial charge in [-0.3, -0.25) is 4.79 Å². The van der Waals surface area contributed by atoms with Crippen molar-refractivity contribution >= 4 is 16.9 Å². The molecule has 0 fully saturated rings. The van der Waals surface area contributed by atoms with E-state index in [1.807, 2.05) is 0 Å². The number of benzene rings is 3. The first-order valence-electron chi connectivity index (χ1n) is 10.2. The Labute approximate surface area is 191 Å². The van der Waals surface area contributed by atoms with Crippen LogP contribution in [0.15, 0.2) is 54.6 Å². The van der Waals surface area contributed by atoms with Crippen LogP contribution in [0.3, 0.4) is 0 Å². The van der Waals surface area contributed by atoms with Gasteiger partial charge in [-0.1, -0.05) is 0 Å². The Morgan fingerprint density at radius 1 is 0.971 bits per heavy atom. The van der Waals surface area contributed by atoms with Crippen LogP contribution in [0.25, 0.3) is 11.0 Å². The van der Waals surface area contributed by atoms with Gasteiger partial charge in [0.25, 0.3) is 5.91 Å². The Balaban J connectivity index is 1.97. The lowest BCUT2D eigenvalue weighted by Crippen LogP contribution is -2.34. The van der Waals surface area contributed by atoms with Crippen LogP contribution in [0.2, 0.25) is 0 Å². The van der Waals surface area contributed by atoms with E-state index in [1.54, 1.807) is 0 Å². The summed E-state index contributed by atoms with van der Waals surface area (Å²) in [6.07, 6.45) is 0. The number of nitrogens with one attached hydrogen (secondary N) is 1. The molecule has 176 valence electrons. The summed E-state index contributed by atoms with van der Waals surface area (Å²) in [6, 6.07) is 9.19. The molecule has 0 saturated heterocycles. The summed E-state index contributed by atoms with van der Waals surface area (Å²) < 4.78 is 58.3. The second kappa shape index (κ2) is 8.88. The molecule has 1 amide bonds. The molecule has 0 aliphatic carbocycles. The molecule has 1 aromatic heterocycles. The number of nitrogens with zero attached hydrogens (tertiary/aromatic N) is 2. The van der Waals surface area contributed by atoms with Crippen molar-refractivity contribution in [1.29, 1.82) is 0 Å². The Kier molecular flexibility index (Phi) is 6.11. The average molecular weight is 473 g/mol. The van der Waals surface area contributed by atoms with Gasteiger partial charge < -0.3 is 20.1 Å². The minimum atomic E-state index is -2.58. The van der Waals surface area contributed by atoms with Crippen LogP contribution in [0.1, 0.15) is 27.3 Å². The average Bonchev–Trinajstić information content (AvgIpc) is 3.13. The zero-order valence-electron chi connectivity index (χ0n) is 17.8. The topological polar surface area (TPSA) is 87.4 Å². The number of imidazole rings is 1. The lowest BCUT2D eigenvalue weighted by Gasteiger charge is -2.29. The number of carbonyl (C=O) groups is 1. The fraction of sp³-hybridized carbons (Fsp3) is 0.167. The van der Waals surface area contributed by atoms with Gasteiger partial charge in [0.05, 0.1) is 17.6 Å². The summed E-state index contributed by atoms with van der Waals surface area (Å²) in [5.74, 6) is -4.86. The minimum absolute atomic E-state index is 0.0426. The number of rotatable bonds is 6. The van der Waals surface area contributed by atoms with Crippen LogP contribution in [0.5, 0.6) is 0 Å². The van der Waals surface area contributed by atoms with Gasteiger partial charge in [0.15, 0.2) is 11.4 Å². The summed E-state index contributed by atoms with van der Waals surface area (Å²) in [5.41, 5.74) is -2.73. The molecule has 0 aliphatic rings. The first-order valence-corrected chi connectivity index (χ1v) is 10.2. The van der Waals surface area contributed by atoms with E-state index in [4.69, 9.17) is 5.11 Å². The van der Waals surface area contributed by atoms with Gasteiger partial charge in [0, 0.05) is 42.4 Å². The SMILES string of the molecule is Cn1c(C(O)(c2ccc(F)cc2F)c2ccc(F)cc2F)nc2ccc(C(=O)NCCO)cc21. The lowest BCUT2D eigenvalue weighted by atomic mass is 9.84. The van der Waals surface area contributed by atoms with E-state index >= 15 is 0 Å². The second-order valence-corrected chi connectivity index (χ2v) is 7.64. The second-order valence-electron chi connectivity index (χ2n) is 7.64. The normalized spacial score (nSPS) is 11.7. The molecule has 0 radical (unpaired) electrons. The minimum Gasteiger partial charge on any atom is -0.395 e. The molecule has 0 aliphatic heterocycles. The maximum atomic E-state index is 14.9. The summed E-state index contributed by atoms with van der Waals surface area (Å²) in [7, 11) is 1.47. The molecule has 4 rings (SSSR count). The largest absolute Gasteiger partial charge is 0.395 e. The molecule has 6 nitrogen and oxygen atoms in total. The smallest absolute Gasteiger partial charge is 0.251 e. The molecule has 3 N–H and O–H groups in total. The molecule has 0 unspecified atom stereocenters. The van der Waals surface area contributed by atoms with Gasteiger partial charge in [-0.2, -0.15) is 0 Å². The van der Waals surface area contributed by atoms with E-state index in [1.165, 1.54) is 29.8 Å². The molecule has 3 aromatic carbocycles. The van der Waals surface area contributed by atoms with Gasteiger partial charge in [-0.15, -0.1) is 0 Å². The van der Waals surface area contributed by atoms with Gasteiger partial charge in [-0.05, 0) is 42.5 Å².